The summed E-state index contributed by atoms with van der Waals surface area (Å²) in [7, 11) is 1.66. The average Bonchev–Trinajstić information content (AvgIpc) is 2.49. The van der Waals surface area contributed by atoms with Crippen LogP contribution in [0.25, 0.3) is 0 Å². The highest BCUT2D eigenvalue weighted by Gasteiger charge is 2.01. The number of benzene rings is 1. The third-order valence-corrected chi connectivity index (χ3v) is 3.67. The molecule has 118 valence electrons. The third kappa shape index (κ3) is 7.92. The van der Waals surface area contributed by atoms with Crippen molar-refractivity contribution in [2.75, 3.05) is 39.1 Å². The van der Waals surface area contributed by atoms with Crippen LogP contribution in [0, 0.1) is 5.82 Å². The van der Waals surface area contributed by atoms with Crippen molar-refractivity contribution in [2.24, 2.45) is 4.99 Å². The van der Waals surface area contributed by atoms with Gasteiger partial charge >= 0.3 is 0 Å². The summed E-state index contributed by atoms with van der Waals surface area (Å²) in [6, 6.07) is 6.90. The summed E-state index contributed by atoms with van der Waals surface area (Å²) >= 11 is 1.70. The van der Waals surface area contributed by atoms with Gasteiger partial charge in [-0.15, -0.1) is 0 Å². The lowest BCUT2D eigenvalue weighted by Gasteiger charge is -2.11. The Balaban J connectivity index is 2.22. The zero-order valence-electron chi connectivity index (χ0n) is 12.7. The number of halogens is 1. The Morgan fingerprint density at radius 3 is 2.86 bits per heavy atom. The monoisotopic (exact) mass is 313 g/mol. The zero-order valence-corrected chi connectivity index (χ0v) is 13.5. The minimum Gasteiger partial charge on any atom is -0.383 e. The van der Waals surface area contributed by atoms with Crippen molar-refractivity contribution in [1.82, 2.24) is 10.6 Å². The molecule has 21 heavy (non-hydrogen) atoms. The van der Waals surface area contributed by atoms with E-state index in [2.05, 4.69) is 15.6 Å². The summed E-state index contributed by atoms with van der Waals surface area (Å²) < 4.78 is 18.4. The summed E-state index contributed by atoms with van der Waals surface area (Å²) in [5.74, 6) is 2.24. The van der Waals surface area contributed by atoms with E-state index in [4.69, 9.17) is 4.74 Å². The maximum atomic E-state index is 13.4. The fraction of sp³-hybridized carbons (Fsp3) is 0.533. The smallest absolute Gasteiger partial charge is 0.191 e. The summed E-state index contributed by atoms with van der Waals surface area (Å²) in [5, 5.41) is 6.42. The van der Waals surface area contributed by atoms with E-state index in [1.165, 1.54) is 6.07 Å². The lowest BCUT2D eigenvalue weighted by Crippen LogP contribution is -2.38. The lowest BCUT2D eigenvalue weighted by molar-refractivity contribution is 0.208. The normalized spacial score (nSPS) is 11.5. The molecule has 2 N–H and O–H groups in total. The fourth-order valence-electron chi connectivity index (χ4n) is 1.63. The summed E-state index contributed by atoms with van der Waals surface area (Å²) in [5.41, 5.74) is 0.753. The Morgan fingerprint density at radius 1 is 1.33 bits per heavy atom. The molecule has 4 nitrogen and oxygen atoms in total. The SMILES string of the molecule is CCNC(=NCCOC)NCCSCc1ccccc1F. The highest BCUT2D eigenvalue weighted by atomic mass is 32.2. The van der Waals surface area contributed by atoms with Crippen LogP contribution in [0.5, 0.6) is 0 Å². The van der Waals surface area contributed by atoms with Crippen molar-refractivity contribution in [2.45, 2.75) is 12.7 Å². The van der Waals surface area contributed by atoms with Gasteiger partial charge in [0.25, 0.3) is 0 Å². The van der Waals surface area contributed by atoms with Crippen LogP contribution in [-0.2, 0) is 10.5 Å². The van der Waals surface area contributed by atoms with E-state index >= 15 is 0 Å². The molecule has 0 saturated carbocycles. The molecule has 6 heteroatoms. The molecule has 0 unspecified atom stereocenters. The Hall–Kier alpha value is -1.27. The second kappa shape index (κ2) is 11.4. The second-order valence-corrected chi connectivity index (χ2v) is 5.43. The number of hydrogen-bond donors (Lipinski definition) is 2. The molecule has 1 aromatic rings. The van der Waals surface area contributed by atoms with Crippen molar-refractivity contribution < 1.29 is 9.13 Å². The number of nitrogens with one attached hydrogen (secondary N) is 2. The molecule has 0 aliphatic heterocycles. The topological polar surface area (TPSA) is 45.7 Å². The molecule has 0 radical (unpaired) electrons. The summed E-state index contributed by atoms with van der Waals surface area (Å²) in [4.78, 5) is 4.37. The van der Waals surface area contributed by atoms with Gasteiger partial charge in [0.1, 0.15) is 5.82 Å². The first-order valence-electron chi connectivity index (χ1n) is 7.10. The number of methoxy groups -OCH3 is 1. The molecule has 0 spiro atoms. The zero-order chi connectivity index (χ0) is 15.3. The number of thioether (sulfide) groups is 1. The standard InChI is InChI=1S/C15H24FN3OS/c1-3-17-15(18-8-10-20-2)19-9-11-21-12-13-6-4-5-7-14(13)16/h4-7H,3,8-12H2,1-2H3,(H2,17,18,19). The van der Waals surface area contributed by atoms with Crippen LogP contribution in [-0.4, -0.2) is 45.1 Å². The molecular formula is C15H24FN3OS. The maximum absolute atomic E-state index is 13.4. The first kappa shape index (κ1) is 17.8. The predicted octanol–water partition coefficient (Wildman–Crippen LogP) is 2.26. The molecule has 0 heterocycles. The minimum atomic E-state index is -0.132. The van der Waals surface area contributed by atoms with Crippen molar-refractivity contribution >= 4 is 17.7 Å². The van der Waals surface area contributed by atoms with Gasteiger partial charge in [0, 0.05) is 31.7 Å². The van der Waals surface area contributed by atoms with E-state index in [-0.39, 0.29) is 5.82 Å². The third-order valence-electron chi connectivity index (χ3n) is 2.66. The Labute approximate surface area is 130 Å². The van der Waals surface area contributed by atoms with Crippen LogP contribution in [0.2, 0.25) is 0 Å². The largest absolute Gasteiger partial charge is 0.383 e. The highest BCUT2D eigenvalue weighted by Crippen LogP contribution is 2.14. The molecule has 1 rings (SSSR count). The van der Waals surface area contributed by atoms with Gasteiger partial charge in [0.2, 0.25) is 0 Å². The molecular weight excluding hydrogens is 289 g/mol. The number of ether oxygens (including phenoxy) is 1. The average molecular weight is 313 g/mol. The summed E-state index contributed by atoms with van der Waals surface area (Å²) in [6.07, 6.45) is 0. The number of hydrogen-bond acceptors (Lipinski definition) is 3. The van der Waals surface area contributed by atoms with Gasteiger partial charge in [-0.3, -0.25) is 4.99 Å². The van der Waals surface area contributed by atoms with E-state index in [9.17, 15) is 4.39 Å². The van der Waals surface area contributed by atoms with E-state index in [1.54, 1.807) is 24.9 Å². The van der Waals surface area contributed by atoms with Gasteiger partial charge in [0.05, 0.1) is 13.2 Å². The quantitative estimate of drug-likeness (QED) is 0.417. The summed E-state index contributed by atoms with van der Waals surface area (Å²) in [6.45, 7) is 4.88. The number of nitrogens with zero attached hydrogens (tertiary/aromatic N) is 1. The van der Waals surface area contributed by atoms with Gasteiger partial charge in [-0.05, 0) is 18.6 Å². The molecule has 0 aromatic heterocycles. The number of rotatable bonds is 9. The molecule has 0 bridgehead atoms. The van der Waals surface area contributed by atoms with Gasteiger partial charge < -0.3 is 15.4 Å². The second-order valence-electron chi connectivity index (χ2n) is 4.32. The van der Waals surface area contributed by atoms with Crippen LogP contribution in [0.3, 0.4) is 0 Å². The molecule has 1 aromatic carbocycles. The van der Waals surface area contributed by atoms with Crippen LogP contribution in [0.15, 0.2) is 29.3 Å². The minimum absolute atomic E-state index is 0.132. The Kier molecular flexibility index (Phi) is 9.65. The van der Waals surface area contributed by atoms with E-state index < -0.39 is 0 Å². The van der Waals surface area contributed by atoms with Gasteiger partial charge in [-0.25, -0.2) is 4.39 Å². The van der Waals surface area contributed by atoms with Crippen molar-refractivity contribution in [3.63, 3.8) is 0 Å². The molecule has 0 fully saturated rings. The molecule has 0 atom stereocenters. The van der Waals surface area contributed by atoms with Gasteiger partial charge in [-0.2, -0.15) is 11.8 Å². The Bertz CT molecular complexity index is 429. The van der Waals surface area contributed by atoms with Crippen molar-refractivity contribution in [3.8, 4) is 0 Å². The first-order valence-corrected chi connectivity index (χ1v) is 8.25. The molecule has 0 saturated heterocycles. The van der Waals surface area contributed by atoms with Gasteiger partial charge in [-0.1, -0.05) is 18.2 Å². The van der Waals surface area contributed by atoms with Crippen LogP contribution < -0.4 is 10.6 Å². The van der Waals surface area contributed by atoms with Crippen molar-refractivity contribution in [3.05, 3.63) is 35.6 Å². The highest BCUT2D eigenvalue weighted by molar-refractivity contribution is 7.98. The lowest BCUT2D eigenvalue weighted by atomic mass is 10.2. The fourth-order valence-corrected chi connectivity index (χ4v) is 2.47. The van der Waals surface area contributed by atoms with Crippen molar-refractivity contribution in [1.29, 1.82) is 0 Å². The molecule has 0 amide bonds. The number of aliphatic imine (C=N–C) groups is 1. The van der Waals surface area contributed by atoms with Crippen LogP contribution >= 0.6 is 11.8 Å². The number of guanidine groups is 1. The van der Waals surface area contributed by atoms with E-state index in [0.29, 0.717) is 18.9 Å². The molecule has 0 aliphatic carbocycles. The molecule has 0 aliphatic rings. The van der Waals surface area contributed by atoms with E-state index in [0.717, 1.165) is 30.4 Å². The Morgan fingerprint density at radius 2 is 2.14 bits per heavy atom. The van der Waals surface area contributed by atoms with Crippen LogP contribution in [0.1, 0.15) is 12.5 Å². The van der Waals surface area contributed by atoms with E-state index in [1.807, 2.05) is 19.1 Å². The maximum Gasteiger partial charge on any atom is 0.191 e. The first-order chi connectivity index (χ1) is 10.3. The van der Waals surface area contributed by atoms with Gasteiger partial charge in [0.15, 0.2) is 5.96 Å². The predicted molar refractivity (Wildman–Crippen MR) is 88.4 cm³/mol. The van der Waals surface area contributed by atoms with Crippen LogP contribution in [0.4, 0.5) is 4.39 Å².